The van der Waals surface area contributed by atoms with Crippen LogP contribution >= 0.6 is 23.2 Å². The zero-order valence-electron chi connectivity index (χ0n) is 11.8. The molecule has 0 amide bonds. The van der Waals surface area contributed by atoms with Gasteiger partial charge in [-0.1, -0.05) is 29.3 Å². The van der Waals surface area contributed by atoms with Crippen LogP contribution in [0, 0.1) is 5.92 Å². The minimum atomic E-state index is 0.118. The van der Waals surface area contributed by atoms with E-state index in [1.807, 2.05) is 26.2 Å². The van der Waals surface area contributed by atoms with Crippen LogP contribution in [0.15, 0.2) is 23.8 Å². The molecule has 1 aromatic rings. The fourth-order valence-corrected chi connectivity index (χ4v) is 2.92. The largest absolute Gasteiger partial charge is 0.309 e. The van der Waals surface area contributed by atoms with Gasteiger partial charge in [-0.25, -0.2) is 0 Å². The number of allylic oxidation sites excluding steroid dienone is 1. The van der Waals surface area contributed by atoms with Gasteiger partial charge in [0.05, 0.1) is 10.0 Å². The highest BCUT2D eigenvalue weighted by Gasteiger charge is 2.26. The van der Waals surface area contributed by atoms with Crippen LogP contribution in [0.1, 0.15) is 24.8 Å². The number of halogens is 2. The van der Waals surface area contributed by atoms with Gasteiger partial charge in [0.2, 0.25) is 0 Å². The lowest BCUT2D eigenvalue weighted by Gasteiger charge is -2.25. The lowest BCUT2D eigenvalue weighted by atomic mass is 9.83. The molecule has 1 atom stereocenters. The van der Waals surface area contributed by atoms with Gasteiger partial charge in [0, 0.05) is 12.5 Å². The summed E-state index contributed by atoms with van der Waals surface area (Å²) in [5, 5.41) is 1.06. The van der Waals surface area contributed by atoms with Crippen molar-refractivity contribution in [2.75, 3.05) is 20.6 Å². The molecule has 108 valence electrons. The van der Waals surface area contributed by atoms with Gasteiger partial charge in [0.15, 0.2) is 5.78 Å². The first kappa shape index (κ1) is 15.6. The van der Waals surface area contributed by atoms with E-state index in [0.29, 0.717) is 10.0 Å². The Morgan fingerprint density at radius 1 is 1.30 bits per heavy atom. The van der Waals surface area contributed by atoms with E-state index in [-0.39, 0.29) is 11.7 Å². The molecule has 20 heavy (non-hydrogen) atoms. The summed E-state index contributed by atoms with van der Waals surface area (Å²) in [4.78, 5) is 14.5. The molecule has 0 heterocycles. The van der Waals surface area contributed by atoms with E-state index in [4.69, 9.17) is 23.2 Å². The monoisotopic (exact) mass is 311 g/mol. The first-order chi connectivity index (χ1) is 9.47. The Labute approximate surface area is 130 Å². The van der Waals surface area contributed by atoms with Crippen LogP contribution in [-0.2, 0) is 4.79 Å². The van der Waals surface area contributed by atoms with Crippen molar-refractivity contribution in [2.24, 2.45) is 5.92 Å². The summed E-state index contributed by atoms with van der Waals surface area (Å²) in [7, 11) is 4.01. The van der Waals surface area contributed by atoms with Crippen LogP contribution in [0.5, 0.6) is 0 Å². The Bertz CT molecular complexity index is 537. The Morgan fingerprint density at radius 2 is 2.05 bits per heavy atom. The molecule has 1 aromatic carbocycles. The van der Waals surface area contributed by atoms with Crippen molar-refractivity contribution < 1.29 is 4.79 Å². The maximum absolute atomic E-state index is 12.5. The number of hydrogen-bond acceptors (Lipinski definition) is 2. The number of rotatable bonds is 3. The molecular weight excluding hydrogens is 293 g/mol. The molecule has 0 saturated heterocycles. The van der Waals surface area contributed by atoms with E-state index in [2.05, 4.69) is 4.90 Å². The van der Waals surface area contributed by atoms with Crippen LogP contribution in [0.4, 0.5) is 0 Å². The van der Waals surface area contributed by atoms with Crippen molar-refractivity contribution in [3.8, 4) is 0 Å². The third-order valence-electron chi connectivity index (χ3n) is 3.56. The maximum atomic E-state index is 12.5. The van der Waals surface area contributed by atoms with Crippen molar-refractivity contribution >= 4 is 35.1 Å². The fraction of sp³-hybridized carbons (Fsp3) is 0.438. The van der Waals surface area contributed by atoms with Gasteiger partial charge in [0.1, 0.15) is 0 Å². The predicted molar refractivity (Wildman–Crippen MR) is 85.3 cm³/mol. The molecule has 0 bridgehead atoms. The first-order valence-corrected chi connectivity index (χ1v) is 7.57. The third-order valence-corrected chi connectivity index (χ3v) is 4.30. The summed E-state index contributed by atoms with van der Waals surface area (Å²) in [5.74, 6) is 0.392. The molecule has 2 nitrogen and oxygen atoms in total. The van der Waals surface area contributed by atoms with Gasteiger partial charge < -0.3 is 4.90 Å². The number of Topliss-reactive ketones (excluding diaryl/α,β-unsaturated/α-hetero) is 1. The van der Waals surface area contributed by atoms with Gasteiger partial charge in [-0.2, -0.15) is 0 Å². The van der Waals surface area contributed by atoms with Gasteiger partial charge >= 0.3 is 0 Å². The van der Waals surface area contributed by atoms with Crippen LogP contribution in [0.3, 0.4) is 0 Å². The van der Waals surface area contributed by atoms with Gasteiger partial charge in [-0.05, 0) is 62.7 Å². The predicted octanol–water partition coefficient (Wildman–Crippen LogP) is 4.31. The van der Waals surface area contributed by atoms with E-state index in [1.165, 1.54) is 0 Å². The molecule has 1 aliphatic rings. The first-order valence-electron chi connectivity index (χ1n) is 6.82. The molecule has 1 aliphatic carbocycles. The molecule has 2 rings (SSSR count). The number of hydrogen-bond donors (Lipinski definition) is 0. The lowest BCUT2D eigenvalue weighted by Crippen LogP contribution is -2.31. The summed E-state index contributed by atoms with van der Waals surface area (Å²) in [6.07, 6.45) is 4.85. The third kappa shape index (κ3) is 3.85. The quantitative estimate of drug-likeness (QED) is 0.775. The molecule has 1 fully saturated rings. The van der Waals surface area contributed by atoms with Gasteiger partial charge in [0.25, 0.3) is 0 Å². The summed E-state index contributed by atoms with van der Waals surface area (Å²) in [6.45, 7) is 0.817. The van der Waals surface area contributed by atoms with E-state index >= 15 is 0 Å². The summed E-state index contributed by atoms with van der Waals surface area (Å²) in [6, 6.07) is 5.46. The maximum Gasteiger partial charge on any atom is 0.163 e. The van der Waals surface area contributed by atoms with Crippen molar-refractivity contribution in [1.82, 2.24) is 4.90 Å². The second kappa shape index (κ2) is 6.75. The number of carbonyl (C=O) groups is 1. The minimum absolute atomic E-state index is 0.118. The van der Waals surface area contributed by atoms with E-state index < -0.39 is 0 Å². The molecule has 0 aromatic heterocycles. The smallest absolute Gasteiger partial charge is 0.163 e. The average Bonchev–Trinajstić information content (AvgIpc) is 2.38. The van der Waals surface area contributed by atoms with Crippen molar-refractivity contribution in [1.29, 1.82) is 0 Å². The van der Waals surface area contributed by atoms with Crippen LogP contribution < -0.4 is 0 Å². The minimum Gasteiger partial charge on any atom is -0.309 e. The average molecular weight is 312 g/mol. The normalized spacial score (nSPS) is 21.8. The molecule has 0 spiro atoms. The molecule has 0 N–H and O–H groups in total. The fourth-order valence-electron chi connectivity index (χ4n) is 2.62. The highest BCUT2D eigenvalue weighted by molar-refractivity contribution is 6.42. The Balaban J connectivity index is 2.20. The van der Waals surface area contributed by atoms with Crippen LogP contribution in [0.2, 0.25) is 10.0 Å². The zero-order valence-corrected chi connectivity index (χ0v) is 13.3. The lowest BCUT2D eigenvalue weighted by molar-refractivity contribution is -0.120. The highest BCUT2D eigenvalue weighted by atomic mass is 35.5. The Kier molecular flexibility index (Phi) is 5.25. The van der Waals surface area contributed by atoms with E-state index in [0.717, 1.165) is 36.9 Å². The van der Waals surface area contributed by atoms with Crippen molar-refractivity contribution in [3.05, 3.63) is 39.4 Å². The van der Waals surface area contributed by atoms with E-state index in [9.17, 15) is 4.79 Å². The van der Waals surface area contributed by atoms with Crippen molar-refractivity contribution in [2.45, 2.75) is 19.3 Å². The Morgan fingerprint density at radius 3 is 2.70 bits per heavy atom. The Hall–Kier alpha value is -0.830. The topological polar surface area (TPSA) is 20.3 Å². The molecule has 1 saturated carbocycles. The number of carbonyl (C=O) groups excluding carboxylic acids is 1. The second-order valence-electron chi connectivity index (χ2n) is 5.56. The molecule has 0 radical (unpaired) electrons. The molecule has 1 unspecified atom stereocenters. The molecule has 4 heteroatoms. The standard InChI is InChI=1S/C16H19Cl2NO/c1-19(2)10-13-5-3-4-12(16(13)20)8-11-6-7-14(17)15(18)9-11/h6-9,13H,3-5,10H2,1-2H3/b12-8-. The van der Waals surface area contributed by atoms with E-state index in [1.54, 1.807) is 12.1 Å². The second-order valence-corrected chi connectivity index (χ2v) is 6.37. The number of nitrogens with zero attached hydrogens (tertiary/aromatic N) is 1. The number of benzene rings is 1. The van der Waals surface area contributed by atoms with Gasteiger partial charge in [-0.3, -0.25) is 4.79 Å². The summed E-state index contributed by atoms with van der Waals surface area (Å²) in [5.41, 5.74) is 1.84. The van der Waals surface area contributed by atoms with Crippen molar-refractivity contribution in [3.63, 3.8) is 0 Å². The molecular formula is C16H19Cl2NO. The van der Waals surface area contributed by atoms with Crippen LogP contribution in [-0.4, -0.2) is 31.3 Å². The van der Waals surface area contributed by atoms with Crippen LogP contribution in [0.25, 0.3) is 6.08 Å². The highest BCUT2D eigenvalue weighted by Crippen LogP contribution is 2.29. The number of ketones is 1. The summed E-state index contributed by atoms with van der Waals surface area (Å²) < 4.78 is 0. The summed E-state index contributed by atoms with van der Waals surface area (Å²) >= 11 is 11.9. The zero-order chi connectivity index (χ0) is 14.7. The van der Waals surface area contributed by atoms with Gasteiger partial charge in [-0.15, -0.1) is 0 Å². The molecule has 0 aliphatic heterocycles. The SMILES string of the molecule is CN(C)CC1CCC/C(=C/c2ccc(Cl)c(Cl)c2)C1=O.